The van der Waals surface area contributed by atoms with Gasteiger partial charge in [-0.25, -0.2) is 0 Å². The van der Waals surface area contributed by atoms with E-state index in [0.29, 0.717) is 11.8 Å². The molecule has 1 saturated heterocycles. The van der Waals surface area contributed by atoms with Gasteiger partial charge in [0, 0.05) is 24.2 Å². The summed E-state index contributed by atoms with van der Waals surface area (Å²) in [6.07, 6.45) is 2.42. The van der Waals surface area contributed by atoms with Crippen molar-refractivity contribution in [1.82, 2.24) is 9.80 Å². The number of benzene rings is 1. The number of nitrogens with zero attached hydrogens (tertiary/aromatic N) is 2. The summed E-state index contributed by atoms with van der Waals surface area (Å²) in [6, 6.07) is 4.54. The van der Waals surface area contributed by atoms with Gasteiger partial charge >= 0.3 is 0 Å². The molecule has 22 heavy (non-hydrogen) atoms. The van der Waals surface area contributed by atoms with E-state index >= 15 is 0 Å². The van der Waals surface area contributed by atoms with Crippen molar-refractivity contribution in [3.63, 3.8) is 0 Å². The highest BCUT2D eigenvalue weighted by atomic mass is 16.5. The van der Waals surface area contributed by atoms with E-state index in [4.69, 9.17) is 14.2 Å². The molecule has 124 valence electrons. The Balaban J connectivity index is 2.13. The van der Waals surface area contributed by atoms with Gasteiger partial charge in [-0.1, -0.05) is 0 Å². The maximum Gasteiger partial charge on any atom is 0.164 e. The number of hydrogen-bond acceptors (Lipinski definition) is 5. The predicted octanol–water partition coefficient (Wildman–Crippen LogP) is 2.24. The summed E-state index contributed by atoms with van der Waals surface area (Å²) >= 11 is 0. The minimum Gasteiger partial charge on any atom is -0.496 e. The average Bonchev–Trinajstić information content (AvgIpc) is 2.54. The molecule has 0 unspecified atom stereocenters. The lowest BCUT2D eigenvalue weighted by Crippen LogP contribution is -2.41. The van der Waals surface area contributed by atoms with Gasteiger partial charge in [0.05, 0.1) is 21.3 Å². The zero-order chi connectivity index (χ0) is 16.1. The summed E-state index contributed by atoms with van der Waals surface area (Å²) in [7, 11) is 9.37. The van der Waals surface area contributed by atoms with Gasteiger partial charge in [-0.2, -0.15) is 0 Å². The van der Waals surface area contributed by atoms with Crippen LogP contribution in [-0.2, 0) is 6.54 Å². The predicted molar refractivity (Wildman–Crippen MR) is 88.1 cm³/mol. The van der Waals surface area contributed by atoms with Crippen LogP contribution in [0.4, 0.5) is 0 Å². The van der Waals surface area contributed by atoms with E-state index in [2.05, 4.69) is 23.9 Å². The number of likely N-dealkylation sites (tertiary alicyclic amines) is 1. The standard InChI is InChI=1S/C17H28N2O3/c1-18-8-6-14(7-9-18)19(2)12-13-10-16(21-4)17(22-5)11-15(13)20-3/h10-11,14H,6-9,12H2,1-5H3. The fourth-order valence-electron chi connectivity index (χ4n) is 3.05. The fraction of sp³-hybridized carbons (Fsp3) is 0.647. The lowest BCUT2D eigenvalue weighted by atomic mass is 10.0. The van der Waals surface area contributed by atoms with E-state index < -0.39 is 0 Å². The van der Waals surface area contributed by atoms with E-state index in [1.807, 2.05) is 12.1 Å². The summed E-state index contributed by atoms with van der Waals surface area (Å²) in [6.45, 7) is 3.17. The Hall–Kier alpha value is -1.46. The molecule has 1 aliphatic heterocycles. The minimum atomic E-state index is 0.619. The molecular weight excluding hydrogens is 280 g/mol. The molecule has 1 heterocycles. The highest BCUT2D eigenvalue weighted by Gasteiger charge is 2.22. The molecule has 0 atom stereocenters. The van der Waals surface area contributed by atoms with Crippen molar-refractivity contribution in [2.45, 2.75) is 25.4 Å². The van der Waals surface area contributed by atoms with Crippen LogP contribution in [0.15, 0.2) is 12.1 Å². The second-order valence-corrected chi connectivity index (χ2v) is 5.97. The Labute approximate surface area is 133 Å². The number of ether oxygens (including phenoxy) is 3. The second kappa shape index (κ2) is 7.70. The summed E-state index contributed by atoms with van der Waals surface area (Å²) in [4.78, 5) is 4.80. The van der Waals surface area contributed by atoms with Crippen LogP contribution >= 0.6 is 0 Å². The number of piperidine rings is 1. The van der Waals surface area contributed by atoms with Crippen LogP contribution in [0.1, 0.15) is 18.4 Å². The third-order valence-corrected chi connectivity index (χ3v) is 4.52. The first-order valence-corrected chi connectivity index (χ1v) is 7.76. The first-order chi connectivity index (χ1) is 10.6. The van der Waals surface area contributed by atoms with Crippen LogP contribution in [0, 0.1) is 0 Å². The zero-order valence-electron chi connectivity index (χ0n) is 14.4. The van der Waals surface area contributed by atoms with Crippen LogP contribution in [0.2, 0.25) is 0 Å². The lowest BCUT2D eigenvalue weighted by Gasteiger charge is -2.35. The monoisotopic (exact) mass is 308 g/mol. The Bertz CT molecular complexity index is 485. The Morgan fingerprint density at radius 2 is 1.55 bits per heavy atom. The van der Waals surface area contributed by atoms with Crippen molar-refractivity contribution in [1.29, 1.82) is 0 Å². The van der Waals surface area contributed by atoms with Gasteiger partial charge in [-0.15, -0.1) is 0 Å². The topological polar surface area (TPSA) is 34.2 Å². The number of methoxy groups -OCH3 is 3. The number of rotatable bonds is 6. The van der Waals surface area contributed by atoms with Gasteiger partial charge < -0.3 is 19.1 Å². The highest BCUT2D eigenvalue weighted by molar-refractivity contribution is 5.50. The molecule has 1 aromatic carbocycles. The summed E-state index contributed by atoms with van der Waals surface area (Å²) in [5, 5.41) is 0. The summed E-state index contributed by atoms with van der Waals surface area (Å²) < 4.78 is 16.3. The molecule has 0 amide bonds. The average molecular weight is 308 g/mol. The second-order valence-electron chi connectivity index (χ2n) is 5.97. The molecule has 0 N–H and O–H groups in total. The molecule has 1 aliphatic rings. The molecule has 0 aliphatic carbocycles. The lowest BCUT2D eigenvalue weighted by molar-refractivity contribution is 0.138. The Morgan fingerprint density at radius 3 is 2.09 bits per heavy atom. The van der Waals surface area contributed by atoms with Crippen molar-refractivity contribution < 1.29 is 14.2 Å². The zero-order valence-corrected chi connectivity index (χ0v) is 14.4. The van der Waals surface area contributed by atoms with Crippen LogP contribution in [-0.4, -0.2) is 64.4 Å². The third-order valence-electron chi connectivity index (χ3n) is 4.52. The van der Waals surface area contributed by atoms with Gasteiger partial charge in [-0.3, -0.25) is 4.90 Å². The number of hydrogen-bond donors (Lipinski definition) is 0. The van der Waals surface area contributed by atoms with Crippen LogP contribution in [0.5, 0.6) is 17.2 Å². The molecule has 0 bridgehead atoms. The van der Waals surface area contributed by atoms with E-state index in [1.165, 1.54) is 12.8 Å². The van der Waals surface area contributed by atoms with E-state index in [-0.39, 0.29) is 0 Å². The molecule has 0 aromatic heterocycles. The Kier molecular flexibility index (Phi) is 5.91. The molecule has 1 fully saturated rings. The first-order valence-electron chi connectivity index (χ1n) is 7.76. The fourth-order valence-corrected chi connectivity index (χ4v) is 3.05. The smallest absolute Gasteiger partial charge is 0.164 e. The molecule has 5 nitrogen and oxygen atoms in total. The van der Waals surface area contributed by atoms with E-state index in [9.17, 15) is 0 Å². The quantitative estimate of drug-likeness (QED) is 0.805. The molecule has 0 spiro atoms. The van der Waals surface area contributed by atoms with Crippen LogP contribution in [0.3, 0.4) is 0 Å². The largest absolute Gasteiger partial charge is 0.496 e. The van der Waals surface area contributed by atoms with Crippen molar-refractivity contribution in [3.05, 3.63) is 17.7 Å². The minimum absolute atomic E-state index is 0.619. The maximum absolute atomic E-state index is 5.52. The molecule has 2 rings (SSSR count). The molecular formula is C17H28N2O3. The molecule has 1 aromatic rings. The normalized spacial score (nSPS) is 16.8. The Morgan fingerprint density at radius 1 is 1.00 bits per heavy atom. The highest BCUT2D eigenvalue weighted by Crippen LogP contribution is 2.35. The van der Waals surface area contributed by atoms with Gasteiger partial charge in [0.2, 0.25) is 0 Å². The molecule has 5 heteroatoms. The van der Waals surface area contributed by atoms with Crippen molar-refractivity contribution in [2.75, 3.05) is 48.5 Å². The summed E-state index contributed by atoms with van der Waals surface area (Å²) in [5.41, 5.74) is 1.13. The summed E-state index contributed by atoms with van der Waals surface area (Å²) in [5.74, 6) is 2.29. The SMILES string of the molecule is COc1cc(OC)c(OC)cc1CN(C)C1CCN(C)CC1. The van der Waals surface area contributed by atoms with Crippen molar-refractivity contribution in [3.8, 4) is 17.2 Å². The van der Waals surface area contributed by atoms with Crippen molar-refractivity contribution >= 4 is 0 Å². The van der Waals surface area contributed by atoms with Gasteiger partial charge in [0.1, 0.15) is 5.75 Å². The first kappa shape index (κ1) is 16.9. The van der Waals surface area contributed by atoms with Gasteiger partial charge in [0.15, 0.2) is 11.5 Å². The van der Waals surface area contributed by atoms with Gasteiger partial charge in [-0.05, 0) is 46.1 Å². The van der Waals surface area contributed by atoms with Crippen LogP contribution < -0.4 is 14.2 Å². The van der Waals surface area contributed by atoms with E-state index in [0.717, 1.165) is 36.7 Å². The van der Waals surface area contributed by atoms with Gasteiger partial charge in [0.25, 0.3) is 0 Å². The molecule has 0 saturated carbocycles. The third kappa shape index (κ3) is 3.84. The van der Waals surface area contributed by atoms with Crippen LogP contribution in [0.25, 0.3) is 0 Å². The maximum atomic E-state index is 5.52. The van der Waals surface area contributed by atoms with E-state index in [1.54, 1.807) is 21.3 Å². The molecule has 0 radical (unpaired) electrons. The van der Waals surface area contributed by atoms with Crippen molar-refractivity contribution in [2.24, 2.45) is 0 Å².